The Labute approximate surface area is 181 Å². The molecule has 168 valence electrons. The molecule has 8 nitrogen and oxygen atoms in total. The number of carbonyl (C=O) groups excluding carboxylic acids is 2. The van der Waals surface area contributed by atoms with Crippen LogP contribution in [-0.2, 0) is 12.1 Å². The number of hydrogen-bond donors (Lipinski definition) is 3. The number of hydrogen-bond acceptors (Lipinski definition) is 5. The number of fused-ring (bicyclic) bond motifs is 1. The molecule has 2 bridgehead atoms. The van der Waals surface area contributed by atoms with Crippen LogP contribution in [0.4, 0.5) is 8.78 Å². The molecule has 2 aromatic rings. The average molecular weight is 445 g/mol. The van der Waals surface area contributed by atoms with E-state index in [1.54, 1.807) is 4.90 Å². The summed E-state index contributed by atoms with van der Waals surface area (Å²) in [6.45, 7) is 0.485. The first-order chi connectivity index (χ1) is 15.2. The van der Waals surface area contributed by atoms with Gasteiger partial charge >= 0.3 is 0 Å². The predicted molar refractivity (Wildman–Crippen MR) is 107 cm³/mol. The van der Waals surface area contributed by atoms with Gasteiger partial charge < -0.3 is 25.0 Å². The molecule has 1 saturated heterocycles. The Morgan fingerprint density at radius 3 is 2.78 bits per heavy atom. The third kappa shape index (κ3) is 2.85. The molecular weight excluding hydrogens is 424 g/mol. The molecule has 2 unspecified atom stereocenters. The summed E-state index contributed by atoms with van der Waals surface area (Å²) in [5.41, 5.74) is -2.44. The quantitative estimate of drug-likeness (QED) is 0.664. The second kappa shape index (κ2) is 7.13. The SMILES string of the molecule is O=C(NCc1ccc(F)cc1F)c1c2n3c(c(O)c1=O)C(=O)N1CCCCC3(CC2O)C1. The maximum Gasteiger partial charge on any atom is 0.274 e. The van der Waals surface area contributed by atoms with E-state index in [0.29, 0.717) is 25.6 Å². The molecule has 3 aliphatic rings. The summed E-state index contributed by atoms with van der Waals surface area (Å²) in [5, 5.41) is 23.9. The van der Waals surface area contributed by atoms with Gasteiger partial charge in [-0.1, -0.05) is 6.07 Å². The minimum Gasteiger partial charge on any atom is -0.503 e. The maximum atomic E-state index is 13.9. The van der Waals surface area contributed by atoms with Gasteiger partial charge in [-0.05, 0) is 25.3 Å². The van der Waals surface area contributed by atoms with Crippen LogP contribution in [-0.4, -0.2) is 44.6 Å². The van der Waals surface area contributed by atoms with Crippen LogP contribution in [0, 0.1) is 11.6 Å². The van der Waals surface area contributed by atoms with Gasteiger partial charge in [0.25, 0.3) is 11.8 Å². The lowest BCUT2D eigenvalue weighted by Gasteiger charge is -2.41. The van der Waals surface area contributed by atoms with Crippen molar-refractivity contribution in [2.75, 3.05) is 13.1 Å². The number of nitrogens with zero attached hydrogens (tertiary/aromatic N) is 2. The zero-order valence-corrected chi connectivity index (χ0v) is 17.0. The van der Waals surface area contributed by atoms with E-state index in [2.05, 4.69) is 5.32 Å². The molecule has 1 aromatic heterocycles. The Hall–Kier alpha value is -3.27. The van der Waals surface area contributed by atoms with Crippen molar-refractivity contribution in [1.29, 1.82) is 0 Å². The summed E-state index contributed by atoms with van der Waals surface area (Å²) in [7, 11) is 0. The molecule has 0 saturated carbocycles. The van der Waals surface area contributed by atoms with E-state index in [4.69, 9.17) is 0 Å². The van der Waals surface area contributed by atoms with Gasteiger partial charge in [0, 0.05) is 37.7 Å². The number of benzene rings is 1. The summed E-state index contributed by atoms with van der Waals surface area (Å²) in [4.78, 5) is 40.5. The molecule has 1 spiro atoms. The fourth-order valence-electron chi connectivity index (χ4n) is 5.32. The second-order valence-electron chi connectivity index (χ2n) is 8.67. The maximum absolute atomic E-state index is 13.9. The molecule has 3 N–H and O–H groups in total. The number of amides is 2. The third-order valence-electron chi connectivity index (χ3n) is 6.73. The zero-order chi connectivity index (χ0) is 22.8. The standard InChI is InChI=1S/C22H21F2N3O5/c23-12-4-3-11(13(24)7-12)9-25-20(31)15-16-14(28)8-22-5-1-2-6-26(10-22)21(32)17(27(16)22)19(30)18(15)29/h3-4,7,14,28,30H,1-2,5-6,8-10H2,(H,25,31). The van der Waals surface area contributed by atoms with Crippen molar-refractivity contribution in [3.05, 3.63) is 62.6 Å². The van der Waals surface area contributed by atoms with Crippen LogP contribution in [0.2, 0.25) is 0 Å². The van der Waals surface area contributed by atoms with Crippen LogP contribution >= 0.6 is 0 Å². The van der Waals surface area contributed by atoms with Gasteiger partial charge in [-0.2, -0.15) is 0 Å². The number of aromatic nitrogens is 1. The first kappa shape index (κ1) is 20.6. The molecular formula is C22H21F2N3O5. The fourth-order valence-corrected chi connectivity index (χ4v) is 5.32. The Bertz CT molecular complexity index is 1230. The lowest BCUT2D eigenvalue weighted by Crippen LogP contribution is -2.52. The molecule has 1 fully saturated rings. The van der Waals surface area contributed by atoms with E-state index >= 15 is 0 Å². The minimum atomic E-state index is -1.18. The van der Waals surface area contributed by atoms with E-state index in [1.165, 1.54) is 10.6 Å². The highest BCUT2D eigenvalue weighted by Crippen LogP contribution is 2.49. The number of halogens is 2. The van der Waals surface area contributed by atoms with Crippen molar-refractivity contribution < 1.29 is 28.6 Å². The van der Waals surface area contributed by atoms with E-state index in [-0.39, 0.29) is 29.9 Å². The van der Waals surface area contributed by atoms with Crippen molar-refractivity contribution in [1.82, 2.24) is 14.8 Å². The van der Waals surface area contributed by atoms with Gasteiger partial charge in [0.2, 0.25) is 5.43 Å². The largest absolute Gasteiger partial charge is 0.503 e. The molecule has 32 heavy (non-hydrogen) atoms. The molecule has 2 atom stereocenters. The highest BCUT2D eigenvalue weighted by molar-refractivity contribution is 6.00. The highest BCUT2D eigenvalue weighted by Gasteiger charge is 2.53. The first-order valence-corrected chi connectivity index (χ1v) is 10.5. The van der Waals surface area contributed by atoms with Crippen LogP contribution < -0.4 is 10.7 Å². The number of aliphatic hydroxyl groups is 1. The topological polar surface area (TPSA) is 112 Å². The summed E-state index contributed by atoms with van der Waals surface area (Å²) in [6.07, 6.45) is 1.19. The van der Waals surface area contributed by atoms with Crippen molar-refractivity contribution >= 4 is 11.8 Å². The van der Waals surface area contributed by atoms with Crippen LogP contribution in [0.15, 0.2) is 23.0 Å². The van der Waals surface area contributed by atoms with E-state index in [0.717, 1.165) is 18.9 Å². The Balaban J connectivity index is 1.60. The Kier molecular flexibility index (Phi) is 4.59. The summed E-state index contributed by atoms with van der Waals surface area (Å²) in [6, 6.07) is 2.89. The van der Waals surface area contributed by atoms with E-state index in [9.17, 15) is 33.4 Å². The molecule has 10 heteroatoms. The van der Waals surface area contributed by atoms with Crippen LogP contribution in [0.1, 0.15) is 63.9 Å². The highest BCUT2D eigenvalue weighted by atomic mass is 19.1. The van der Waals surface area contributed by atoms with Crippen LogP contribution in [0.3, 0.4) is 0 Å². The Morgan fingerprint density at radius 2 is 2.03 bits per heavy atom. The number of rotatable bonds is 3. The molecule has 1 aromatic carbocycles. The van der Waals surface area contributed by atoms with Gasteiger partial charge in [0.15, 0.2) is 11.4 Å². The predicted octanol–water partition coefficient (Wildman–Crippen LogP) is 1.53. The minimum absolute atomic E-state index is 0.00469. The summed E-state index contributed by atoms with van der Waals surface area (Å²) in [5.74, 6) is -3.88. The number of aliphatic hydroxyl groups excluding tert-OH is 1. The van der Waals surface area contributed by atoms with Crippen molar-refractivity contribution in [2.45, 2.75) is 43.9 Å². The van der Waals surface area contributed by atoms with Gasteiger partial charge in [0.05, 0.1) is 17.3 Å². The number of aromatic hydroxyl groups is 1. The van der Waals surface area contributed by atoms with Gasteiger partial charge in [-0.3, -0.25) is 14.4 Å². The van der Waals surface area contributed by atoms with Gasteiger partial charge in [0.1, 0.15) is 17.2 Å². The van der Waals surface area contributed by atoms with Crippen LogP contribution in [0.25, 0.3) is 0 Å². The molecule has 2 amide bonds. The smallest absolute Gasteiger partial charge is 0.274 e. The number of pyridine rings is 1. The molecule has 0 radical (unpaired) electrons. The third-order valence-corrected chi connectivity index (χ3v) is 6.73. The van der Waals surface area contributed by atoms with Crippen molar-refractivity contribution in [3.63, 3.8) is 0 Å². The summed E-state index contributed by atoms with van der Waals surface area (Å²) < 4.78 is 28.5. The molecule has 0 aliphatic carbocycles. The summed E-state index contributed by atoms with van der Waals surface area (Å²) >= 11 is 0. The Morgan fingerprint density at radius 1 is 1.25 bits per heavy atom. The lowest BCUT2D eigenvalue weighted by atomic mass is 9.88. The second-order valence-corrected chi connectivity index (χ2v) is 8.67. The lowest BCUT2D eigenvalue weighted by molar-refractivity contribution is 0.0549. The van der Waals surface area contributed by atoms with Crippen molar-refractivity contribution in [3.8, 4) is 5.75 Å². The molecule has 5 rings (SSSR count). The monoisotopic (exact) mass is 445 g/mol. The molecule has 4 heterocycles. The van der Waals surface area contributed by atoms with Crippen LogP contribution in [0.5, 0.6) is 5.75 Å². The molecule has 3 aliphatic heterocycles. The number of carbonyl (C=O) groups is 2. The normalized spacial score (nSPS) is 23.7. The number of nitrogens with one attached hydrogen (secondary N) is 1. The van der Waals surface area contributed by atoms with E-state index in [1.807, 2.05) is 0 Å². The fraction of sp³-hybridized carbons (Fsp3) is 0.409. The van der Waals surface area contributed by atoms with Gasteiger partial charge in [-0.25, -0.2) is 8.78 Å². The van der Waals surface area contributed by atoms with E-state index < -0.39 is 51.8 Å². The first-order valence-electron chi connectivity index (χ1n) is 10.5. The zero-order valence-electron chi connectivity index (χ0n) is 17.0. The van der Waals surface area contributed by atoms with Crippen molar-refractivity contribution in [2.24, 2.45) is 0 Å². The average Bonchev–Trinajstić information content (AvgIpc) is 2.90. The van der Waals surface area contributed by atoms with Gasteiger partial charge in [-0.15, -0.1) is 0 Å².